The van der Waals surface area contributed by atoms with Crippen LogP contribution >= 0.6 is 0 Å². The van der Waals surface area contributed by atoms with E-state index in [1.165, 1.54) is 17.6 Å². The fourth-order valence-corrected chi connectivity index (χ4v) is 4.18. The third-order valence-electron chi connectivity index (χ3n) is 5.58. The number of fused-ring (bicyclic) bond motifs is 5. The molecule has 0 bridgehead atoms. The van der Waals surface area contributed by atoms with Crippen molar-refractivity contribution in [2.24, 2.45) is 0 Å². The molecule has 2 aromatic heterocycles. The van der Waals surface area contributed by atoms with E-state index in [0.717, 1.165) is 22.2 Å². The van der Waals surface area contributed by atoms with Crippen molar-refractivity contribution >= 4 is 28.7 Å². The normalized spacial score (nSPS) is 14.8. The molecule has 1 atom stereocenters. The molecule has 9 heteroatoms. The first-order valence-corrected chi connectivity index (χ1v) is 11.0. The minimum atomic E-state index is -0.724. The molecule has 0 aliphatic carbocycles. The van der Waals surface area contributed by atoms with Gasteiger partial charge >= 0.3 is 12.1 Å². The largest absolute Gasteiger partial charge is 0.462 e. The molecule has 0 radical (unpaired) electrons. The van der Waals surface area contributed by atoms with Gasteiger partial charge in [-0.3, -0.25) is 19.0 Å². The average molecular weight is 466 g/mol. The van der Waals surface area contributed by atoms with Crippen molar-refractivity contribution in [1.82, 2.24) is 14.9 Å². The van der Waals surface area contributed by atoms with Gasteiger partial charge in [0.25, 0.3) is 5.56 Å². The number of hydrogen-bond acceptors (Lipinski definition) is 6. The number of Topliss-reactive ketones (excluding diaryl/α,β-unsaturated/α-hetero) is 1. The van der Waals surface area contributed by atoms with Crippen LogP contribution in [0.4, 0.5) is 4.79 Å². The summed E-state index contributed by atoms with van der Waals surface area (Å²) in [7, 11) is 0. The number of ketones is 1. The Hall–Kier alpha value is -3.88. The molecule has 34 heavy (non-hydrogen) atoms. The van der Waals surface area contributed by atoms with E-state index in [1.807, 2.05) is 24.3 Å². The van der Waals surface area contributed by atoms with Gasteiger partial charge in [0.1, 0.15) is 18.8 Å². The minimum Gasteiger partial charge on any atom is -0.462 e. The number of benzene rings is 1. The number of carbonyl (C=O) groups excluding carboxylic acids is 3. The number of amides is 1. The quantitative estimate of drug-likeness (QED) is 0.440. The van der Waals surface area contributed by atoms with Crippen molar-refractivity contribution in [3.8, 4) is 11.4 Å². The monoisotopic (exact) mass is 465 g/mol. The van der Waals surface area contributed by atoms with Gasteiger partial charge in [-0.2, -0.15) is 0 Å². The van der Waals surface area contributed by atoms with Crippen LogP contribution in [-0.4, -0.2) is 46.1 Å². The number of alkyl carbamates (subject to hydrolysis) is 1. The van der Waals surface area contributed by atoms with Gasteiger partial charge in [0, 0.05) is 10.9 Å². The lowest BCUT2D eigenvalue weighted by molar-refractivity contribution is -0.143. The summed E-state index contributed by atoms with van der Waals surface area (Å²) in [6.45, 7) is 6.04. The van der Waals surface area contributed by atoms with E-state index < -0.39 is 29.3 Å². The van der Waals surface area contributed by atoms with E-state index in [2.05, 4.69) is 10.3 Å². The van der Waals surface area contributed by atoms with Gasteiger partial charge in [0.05, 0.1) is 23.0 Å². The summed E-state index contributed by atoms with van der Waals surface area (Å²) in [6, 6.07) is 10.6. The molecular weight excluding hydrogens is 438 g/mol. The Bertz CT molecular complexity index is 1340. The number of para-hydroxylation sites is 1. The minimum absolute atomic E-state index is 0.0752. The van der Waals surface area contributed by atoms with Crippen LogP contribution in [0.15, 0.2) is 41.2 Å². The molecule has 0 fully saturated rings. The Morgan fingerprint density at radius 2 is 1.88 bits per heavy atom. The molecule has 178 valence electrons. The first-order valence-electron chi connectivity index (χ1n) is 11.0. The molecule has 3 heterocycles. The number of nitrogens with one attached hydrogen (secondary N) is 2. The Labute approximate surface area is 196 Å². The molecule has 0 saturated carbocycles. The molecule has 1 amide bonds. The fourth-order valence-electron chi connectivity index (χ4n) is 4.18. The first-order chi connectivity index (χ1) is 16.0. The highest BCUT2D eigenvalue weighted by molar-refractivity contribution is 5.95. The van der Waals surface area contributed by atoms with Crippen LogP contribution in [0.3, 0.4) is 0 Å². The smallest absolute Gasteiger partial charge is 0.408 e. The molecule has 1 aromatic carbocycles. The van der Waals surface area contributed by atoms with Crippen molar-refractivity contribution in [2.75, 3.05) is 13.2 Å². The van der Waals surface area contributed by atoms with Crippen molar-refractivity contribution in [3.05, 3.63) is 57.9 Å². The Kier molecular flexibility index (Phi) is 6.03. The number of hydrogen-bond donors (Lipinski definition) is 2. The molecule has 0 unspecified atom stereocenters. The number of pyridine rings is 1. The third kappa shape index (κ3) is 4.59. The van der Waals surface area contributed by atoms with Gasteiger partial charge in [-0.25, -0.2) is 4.79 Å². The van der Waals surface area contributed by atoms with E-state index in [4.69, 9.17) is 9.47 Å². The SMILES string of the molecule is CC(=O)c1ccc2n(c1=O)[C@H](COC(=O)CNC(=O)OC(C)(C)C)Cc1c-2[nH]c2ccccc12. The van der Waals surface area contributed by atoms with E-state index in [1.54, 1.807) is 26.8 Å². The summed E-state index contributed by atoms with van der Waals surface area (Å²) >= 11 is 0. The molecule has 1 aliphatic heterocycles. The zero-order valence-electron chi connectivity index (χ0n) is 19.6. The van der Waals surface area contributed by atoms with Crippen molar-refractivity contribution in [2.45, 2.75) is 45.8 Å². The number of esters is 1. The van der Waals surface area contributed by atoms with Crippen LogP contribution in [0.25, 0.3) is 22.3 Å². The van der Waals surface area contributed by atoms with Gasteiger partial charge in [0.15, 0.2) is 5.78 Å². The molecule has 9 nitrogen and oxygen atoms in total. The van der Waals surface area contributed by atoms with Gasteiger partial charge in [-0.1, -0.05) is 18.2 Å². The van der Waals surface area contributed by atoms with Crippen LogP contribution in [0, 0.1) is 0 Å². The molecule has 3 aromatic rings. The summed E-state index contributed by atoms with van der Waals surface area (Å²) in [6.07, 6.45) is -0.293. The second-order valence-corrected chi connectivity index (χ2v) is 9.28. The number of carbonyl (C=O) groups is 3. The van der Waals surface area contributed by atoms with Crippen LogP contribution in [0.1, 0.15) is 49.7 Å². The molecule has 1 aliphatic rings. The summed E-state index contributed by atoms with van der Waals surface area (Å²) in [5.41, 5.74) is 2.34. The van der Waals surface area contributed by atoms with E-state index in [9.17, 15) is 19.2 Å². The van der Waals surface area contributed by atoms with Gasteiger partial charge in [0.2, 0.25) is 0 Å². The second kappa shape index (κ2) is 8.81. The average Bonchev–Trinajstić information content (AvgIpc) is 3.13. The summed E-state index contributed by atoms with van der Waals surface area (Å²) in [5, 5.41) is 3.39. The summed E-state index contributed by atoms with van der Waals surface area (Å²) < 4.78 is 12.0. The molecule has 2 N–H and O–H groups in total. The van der Waals surface area contributed by atoms with Gasteiger partial charge < -0.3 is 19.8 Å². The standard InChI is InChI=1S/C25H27N3O6/c1-14(29)16-9-10-20-22-18(17-7-5-6-8-19(17)27-22)11-15(28(20)23(16)31)13-33-21(30)12-26-24(32)34-25(2,3)4/h5-10,15,27H,11-13H2,1-4H3,(H,26,32)/t15-/m0/s1. The number of aromatic nitrogens is 2. The zero-order valence-corrected chi connectivity index (χ0v) is 19.6. The topological polar surface area (TPSA) is 119 Å². The highest BCUT2D eigenvalue weighted by atomic mass is 16.6. The Morgan fingerprint density at radius 3 is 2.59 bits per heavy atom. The van der Waals surface area contributed by atoms with Crippen LogP contribution in [0.2, 0.25) is 0 Å². The molecule has 0 spiro atoms. The summed E-state index contributed by atoms with van der Waals surface area (Å²) in [5.74, 6) is -0.993. The van der Waals surface area contributed by atoms with E-state index in [0.29, 0.717) is 12.1 Å². The number of rotatable bonds is 5. The highest BCUT2D eigenvalue weighted by Gasteiger charge is 2.30. The van der Waals surface area contributed by atoms with Crippen molar-refractivity contribution in [1.29, 1.82) is 0 Å². The van der Waals surface area contributed by atoms with Crippen LogP contribution in [-0.2, 0) is 20.7 Å². The maximum Gasteiger partial charge on any atom is 0.408 e. The summed E-state index contributed by atoms with van der Waals surface area (Å²) in [4.78, 5) is 52.7. The predicted octanol–water partition coefficient (Wildman–Crippen LogP) is 3.36. The van der Waals surface area contributed by atoms with Crippen LogP contribution < -0.4 is 10.9 Å². The third-order valence-corrected chi connectivity index (χ3v) is 5.58. The number of ether oxygens (including phenoxy) is 2. The molecule has 4 rings (SSSR count). The van der Waals surface area contributed by atoms with Crippen molar-refractivity contribution < 1.29 is 23.9 Å². The van der Waals surface area contributed by atoms with E-state index >= 15 is 0 Å². The lowest BCUT2D eigenvalue weighted by Crippen LogP contribution is -2.38. The molecule has 0 saturated heterocycles. The molecular formula is C25H27N3O6. The van der Waals surface area contributed by atoms with Gasteiger partial charge in [-0.15, -0.1) is 0 Å². The van der Waals surface area contributed by atoms with Crippen LogP contribution in [0.5, 0.6) is 0 Å². The number of aromatic amines is 1. The Balaban J connectivity index is 1.59. The van der Waals surface area contributed by atoms with E-state index in [-0.39, 0.29) is 24.5 Å². The number of nitrogens with zero attached hydrogens (tertiary/aromatic N) is 1. The highest BCUT2D eigenvalue weighted by Crippen LogP contribution is 2.37. The predicted molar refractivity (Wildman–Crippen MR) is 126 cm³/mol. The maximum absolute atomic E-state index is 13.2. The maximum atomic E-state index is 13.2. The fraction of sp³-hybridized carbons (Fsp3) is 0.360. The van der Waals surface area contributed by atoms with Gasteiger partial charge in [-0.05, 0) is 57.9 Å². The zero-order chi connectivity index (χ0) is 24.6. The number of H-pyrrole nitrogens is 1. The second-order valence-electron chi connectivity index (χ2n) is 9.28. The first kappa shape index (κ1) is 23.3. The lowest BCUT2D eigenvalue weighted by Gasteiger charge is -2.28. The Morgan fingerprint density at radius 1 is 1.15 bits per heavy atom. The lowest BCUT2D eigenvalue weighted by atomic mass is 9.95. The van der Waals surface area contributed by atoms with Crippen molar-refractivity contribution in [3.63, 3.8) is 0 Å².